The molecule has 0 fully saturated rings. The predicted molar refractivity (Wildman–Crippen MR) is 83.8 cm³/mol. The van der Waals surface area contributed by atoms with E-state index in [1.165, 1.54) is 0 Å². The lowest BCUT2D eigenvalue weighted by molar-refractivity contribution is -0.121. The van der Waals surface area contributed by atoms with Crippen molar-refractivity contribution in [1.29, 1.82) is 0 Å². The number of allylic oxidation sites excluding steroid dienone is 1. The number of rotatable bonds is 9. The third-order valence-electron chi connectivity index (χ3n) is 3.07. The maximum absolute atomic E-state index is 11.6. The summed E-state index contributed by atoms with van der Waals surface area (Å²) in [7, 11) is 5.04. The highest BCUT2D eigenvalue weighted by atomic mass is 16.5. The van der Waals surface area contributed by atoms with Gasteiger partial charge in [-0.1, -0.05) is 6.08 Å². The number of hydrogen-bond acceptors (Lipinski definition) is 4. The van der Waals surface area contributed by atoms with Crippen LogP contribution in [0.25, 0.3) is 0 Å². The quantitative estimate of drug-likeness (QED) is 0.680. The second-order valence-corrected chi connectivity index (χ2v) is 4.61. The van der Waals surface area contributed by atoms with Crippen LogP contribution in [-0.2, 0) is 17.8 Å². The average Bonchev–Trinajstić information content (AvgIpc) is 2.50. The highest BCUT2D eigenvalue weighted by molar-refractivity contribution is 5.76. The van der Waals surface area contributed by atoms with E-state index in [0.717, 1.165) is 11.1 Å². The molecule has 116 valence electrons. The summed E-state index contributed by atoms with van der Waals surface area (Å²) in [6.45, 7) is 4.88. The third-order valence-corrected chi connectivity index (χ3v) is 3.07. The van der Waals surface area contributed by atoms with E-state index in [-0.39, 0.29) is 5.91 Å². The lowest BCUT2D eigenvalue weighted by atomic mass is 10.1. The van der Waals surface area contributed by atoms with E-state index in [1.54, 1.807) is 14.2 Å². The normalized spacial score (nSPS) is 10.0. The summed E-state index contributed by atoms with van der Waals surface area (Å²) in [5.41, 5.74) is 1.97. The Bertz CT molecular complexity index is 487. The highest BCUT2D eigenvalue weighted by Crippen LogP contribution is 2.33. The number of hydrogen-bond donors (Lipinski definition) is 2. The minimum atomic E-state index is 0.0180. The number of benzene rings is 1. The Morgan fingerprint density at radius 1 is 1.33 bits per heavy atom. The SMILES string of the molecule is C=CCc1cc(CNC(=O)CCNC)cc(OC)c1OC. The Hall–Kier alpha value is -2.01. The Kier molecular flexibility index (Phi) is 7.32. The van der Waals surface area contributed by atoms with Crippen molar-refractivity contribution in [3.8, 4) is 11.5 Å². The zero-order chi connectivity index (χ0) is 15.7. The van der Waals surface area contributed by atoms with Crippen LogP contribution in [0.1, 0.15) is 17.5 Å². The van der Waals surface area contributed by atoms with E-state index >= 15 is 0 Å². The van der Waals surface area contributed by atoms with Crippen LogP contribution in [-0.4, -0.2) is 33.7 Å². The molecule has 0 aliphatic carbocycles. The molecule has 0 heterocycles. The van der Waals surface area contributed by atoms with Crippen molar-refractivity contribution in [2.75, 3.05) is 27.8 Å². The molecule has 5 heteroatoms. The second-order valence-electron chi connectivity index (χ2n) is 4.61. The molecule has 0 saturated heterocycles. The van der Waals surface area contributed by atoms with E-state index in [9.17, 15) is 4.79 Å². The molecule has 1 aromatic rings. The molecule has 21 heavy (non-hydrogen) atoms. The maximum Gasteiger partial charge on any atom is 0.221 e. The van der Waals surface area contributed by atoms with E-state index in [4.69, 9.17) is 9.47 Å². The second kappa shape index (κ2) is 9.02. The molecule has 5 nitrogen and oxygen atoms in total. The summed E-state index contributed by atoms with van der Waals surface area (Å²) < 4.78 is 10.7. The zero-order valence-electron chi connectivity index (χ0n) is 13.0. The molecule has 0 radical (unpaired) electrons. The van der Waals surface area contributed by atoms with Crippen molar-refractivity contribution in [2.45, 2.75) is 19.4 Å². The molecular weight excluding hydrogens is 268 g/mol. The van der Waals surface area contributed by atoms with Gasteiger partial charge in [0.2, 0.25) is 5.91 Å². The van der Waals surface area contributed by atoms with Crippen molar-refractivity contribution in [2.24, 2.45) is 0 Å². The van der Waals surface area contributed by atoms with Gasteiger partial charge in [0.05, 0.1) is 14.2 Å². The summed E-state index contributed by atoms with van der Waals surface area (Å²) in [6.07, 6.45) is 2.96. The Morgan fingerprint density at radius 2 is 2.10 bits per heavy atom. The molecule has 0 bridgehead atoms. The molecule has 0 aliphatic rings. The largest absolute Gasteiger partial charge is 0.493 e. The van der Waals surface area contributed by atoms with Crippen LogP contribution in [0.2, 0.25) is 0 Å². The van der Waals surface area contributed by atoms with Crippen molar-refractivity contribution < 1.29 is 14.3 Å². The van der Waals surface area contributed by atoms with Gasteiger partial charge >= 0.3 is 0 Å². The van der Waals surface area contributed by atoms with Gasteiger partial charge in [0.1, 0.15) is 0 Å². The van der Waals surface area contributed by atoms with Gasteiger partial charge in [-0.15, -0.1) is 6.58 Å². The van der Waals surface area contributed by atoms with E-state index in [0.29, 0.717) is 37.4 Å². The van der Waals surface area contributed by atoms with Gasteiger partial charge in [0.15, 0.2) is 11.5 Å². The fourth-order valence-corrected chi connectivity index (χ4v) is 2.04. The van der Waals surface area contributed by atoms with E-state index in [1.807, 2.05) is 25.3 Å². The van der Waals surface area contributed by atoms with Gasteiger partial charge in [-0.2, -0.15) is 0 Å². The smallest absolute Gasteiger partial charge is 0.221 e. The molecule has 1 rings (SSSR count). The Balaban J connectivity index is 2.84. The molecular formula is C16H24N2O3. The molecule has 0 saturated carbocycles. The Morgan fingerprint density at radius 3 is 2.67 bits per heavy atom. The number of carbonyl (C=O) groups is 1. The van der Waals surface area contributed by atoms with Crippen molar-refractivity contribution in [3.63, 3.8) is 0 Å². The minimum absolute atomic E-state index is 0.0180. The topological polar surface area (TPSA) is 59.6 Å². The first-order valence-electron chi connectivity index (χ1n) is 6.92. The first-order valence-corrected chi connectivity index (χ1v) is 6.92. The van der Waals surface area contributed by atoms with Crippen molar-refractivity contribution in [1.82, 2.24) is 10.6 Å². The molecule has 1 amide bonds. The molecule has 0 atom stereocenters. The highest BCUT2D eigenvalue weighted by Gasteiger charge is 2.12. The first-order chi connectivity index (χ1) is 10.2. The molecule has 2 N–H and O–H groups in total. The minimum Gasteiger partial charge on any atom is -0.493 e. The van der Waals surface area contributed by atoms with Crippen LogP contribution in [0.4, 0.5) is 0 Å². The lowest BCUT2D eigenvalue weighted by Crippen LogP contribution is -2.26. The fourth-order valence-electron chi connectivity index (χ4n) is 2.04. The number of nitrogens with one attached hydrogen (secondary N) is 2. The summed E-state index contributed by atoms with van der Waals surface area (Å²) in [6, 6.07) is 3.88. The monoisotopic (exact) mass is 292 g/mol. The van der Waals surface area contributed by atoms with Crippen molar-refractivity contribution >= 4 is 5.91 Å². The zero-order valence-corrected chi connectivity index (χ0v) is 13.0. The van der Waals surface area contributed by atoms with Crippen molar-refractivity contribution in [3.05, 3.63) is 35.9 Å². The lowest BCUT2D eigenvalue weighted by Gasteiger charge is -2.14. The molecule has 1 aromatic carbocycles. The number of carbonyl (C=O) groups excluding carboxylic acids is 1. The van der Waals surface area contributed by atoms with Crippen LogP contribution in [0.5, 0.6) is 11.5 Å². The van der Waals surface area contributed by atoms with Crippen LogP contribution in [0, 0.1) is 0 Å². The number of methoxy groups -OCH3 is 2. The van der Waals surface area contributed by atoms with Gasteiger partial charge in [-0.3, -0.25) is 4.79 Å². The van der Waals surface area contributed by atoms with Crippen LogP contribution in [0.15, 0.2) is 24.8 Å². The van der Waals surface area contributed by atoms with Crippen LogP contribution < -0.4 is 20.1 Å². The summed E-state index contributed by atoms with van der Waals surface area (Å²) >= 11 is 0. The molecule has 0 unspecified atom stereocenters. The average molecular weight is 292 g/mol. The summed E-state index contributed by atoms with van der Waals surface area (Å²) in [4.78, 5) is 11.6. The van der Waals surface area contributed by atoms with Gasteiger partial charge in [-0.25, -0.2) is 0 Å². The predicted octanol–water partition coefficient (Wildman–Crippen LogP) is 1.66. The summed E-state index contributed by atoms with van der Waals surface area (Å²) in [5, 5.41) is 5.84. The van der Waals surface area contributed by atoms with E-state index in [2.05, 4.69) is 17.2 Å². The molecule has 0 aliphatic heterocycles. The standard InChI is InChI=1S/C16H24N2O3/c1-5-6-13-9-12(10-14(20-3)16(13)21-4)11-18-15(19)7-8-17-2/h5,9-10,17H,1,6-8,11H2,2-4H3,(H,18,19). The maximum atomic E-state index is 11.6. The molecule has 0 aromatic heterocycles. The van der Waals surface area contributed by atoms with Gasteiger partial charge < -0.3 is 20.1 Å². The molecule has 0 spiro atoms. The summed E-state index contributed by atoms with van der Waals surface area (Å²) in [5.74, 6) is 1.39. The first kappa shape index (κ1) is 17.0. The Labute approximate surface area is 126 Å². The number of amides is 1. The third kappa shape index (κ3) is 5.11. The fraction of sp³-hybridized carbons (Fsp3) is 0.438. The van der Waals surface area contributed by atoms with Crippen LogP contribution in [0.3, 0.4) is 0 Å². The van der Waals surface area contributed by atoms with Gasteiger partial charge in [0, 0.05) is 25.1 Å². The number of ether oxygens (including phenoxy) is 2. The van der Waals surface area contributed by atoms with Crippen LogP contribution >= 0.6 is 0 Å². The van der Waals surface area contributed by atoms with Gasteiger partial charge in [0.25, 0.3) is 0 Å². The van der Waals surface area contributed by atoms with Gasteiger partial charge in [-0.05, 0) is 31.2 Å². The van der Waals surface area contributed by atoms with E-state index < -0.39 is 0 Å².